The van der Waals surface area contributed by atoms with E-state index < -0.39 is 0 Å². The summed E-state index contributed by atoms with van der Waals surface area (Å²) in [6.45, 7) is 0. The SMILES string of the molecule is NC1CC(C(=O)c2ccc(F)cc2)C1. The standard InChI is InChI=1S/C11H12FNO/c12-9-3-1-7(2-4-9)11(14)8-5-10(13)6-8/h1-4,8,10H,5-6,13H2. The minimum absolute atomic E-state index is 0.0514. The van der Waals surface area contributed by atoms with Crippen LogP contribution in [0.3, 0.4) is 0 Å². The van der Waals surface area contributed by atoms with Gasteiger partial charge in [-0.05, 0) is 37.1 Å². The van der Waals surface area contributed by atoms with Gasteiger partial charge in [0, 0.05) is 17.5 Å². The third kappa shape index (κ3) is 1.68. The van der Waals surface area contributed by atoms with Crippen LogP contribution in [-0.4, -0.2) is 11.8 Å². The highest BCUT2D eigenvalue weighted by Gasteiger charge is 2.32. The summed E-state index contributed by atoms with van der Waals surface area (Å²) in [6.07, 6.45) is 1.52. The van der Waals surface area contributed by atoms with Crippen LogP contribution in [0.2, 0.25) is 0 Å². The van der Waals surface area contributed by atoms with Crippen LogP contribution in [-0.2, 0) is 0 Å². The summed E-state index contributed by atoms with van der Waals surface area (Å²) >= 11 is 0. The lowest BCUT2D eigenvalue weighted by Gasteiger charge is -2.31. The number of nitrogens with two attached hydrogens (primary N) is 1. The van der Waals surface area contributed by atoms with E-state index in [1.54, 1.807) is 0 Å². The Kier molecular flexibility index (Phi) is 2.33. The Morgan fingerprint density at radius 1 is 1.29 bits per heavy atom. The number of carbonyl (C=O) groups is 1. The molecule has 0 amide bonds. The number of Topliss-reactive ketones (excluding diaryl/α,β-unsaturated/α-hetero) is 1. The molecule has 1 aromatic rings. The molecule has 14 heavy (non-hydrogen) atoms. The van der Waals surface area contributed by atoms with Crippen LogP contribution < -0.4 is 5.73 Å². The second-order valence-electron chi connectivity index (χ2n) is 3.80. The van der Waals surface area contributed by atoms with E-state index in [2.05, 4.69) is 0 Å². The van der Waals surface area contributed by atoms with Crippen LogP contribution >= 0.6 is 0 Å². The predicted octanol–water partition coefficient (Wildman–Crippen LogP) is 1.75. The number of hydrogen-bond acceptors (Lipinski definition) is 2. The second-order valence-corrected chi connectivity index (χ2v) is 3.80. The first-order chi connectivity index (χ1) is 6.66. The fraction of sp³-hybridized carbons (Fsp3) is 0.364. The topological polar surface area (TPSA) is 43.1 Å². The maximum atomic E-state index is 12.6. The largest absolute Gasteiger partial charge is 0.328 e. The van der Waals surface area contributed by atoms with Crippen LogP contribution in [0.15, 0.2) is 24.3 Å². The zero-order valence-corrected chi connectivity index (χ0v) is 7.74. The van der Waals surface area contributed by atoms with Crippen molar-refractivity contribution in [2.75, 3.05) is 0 Å². The minimum atomic E-state index is -0.313. The molecule has 74 valence electrons. The molecule has 1 aliphatic carbocycles. The van der Waals surface area contributed by atoms with Crippen LogP contribution in [0, 0.1) is 11.7 Å². The summed E-state index contributed by atoms with van der Waals surface area (Å²) in [5, 5.41) is 0. The molecule has 0 saturated heterocycles. The van der Waals surface area contributed by atoms with Gasteiger partial charge in [0.1, 0.15) is 5.82 Å². The van der Waals surface area contributed by atoms with Gasteiger partial charge in [0.25, 0.3) is 0 Å². The molecule has 3 heteroatoms. The van der Waals surface area contributed by atoms with Crippen LogP contribution in [0.25, 0.3) is 0 Å². The number of carbonyl (C=O) groups excluding carboxylic acids is 1. The average molecular weight is 193 g/mol. The highest BCUT2D eigenvalue weighted by atomic mass is 19.1. The summed E-state index contributed by atoms with van der Waals surface area (Å²) in [5.74, 6) is -0.172. The maximum Gasteiger partial charge on any atom is 0.166 e. The molecule has 0 radical (unpaired) electrons. The molecule has 0 spiro atoms. The maximum absolute atomic E-state index is 12.6. The lowest BCUT2D eigenvalue weighted by molar-refractivity contribution is 0.0832. The second kappa shape index (κ2) is 3.50. The molecule has 0 heterocycles. The van der Waals surface area contributed by atoms with Crippen molar-refractivity contribution in [1.82, 2.24) is 0 Å². The first-order valence-electron chi connectivity index (χ1n) is 4.72. The zero-order valence-electron chi connectivity index (χ0n) is 7.74. The van der Waals surface area contributed by atoms with Crippen molar-refractivity contribution < 1.29 is 9.18 Å². The molecule has 1 aliphatic rings. The molecule has 0 aliphatic heterocycles. The number of benzene rings is 1. The van der Waals surface area contributed by atoms with Crippen molar-refractivity contribution in [3.05, 3.63) is 35.6 Å². The molecule has 0 unspecified atom stereocenters. The van der Waals surface area contributed by atoms with Gasteiger partial charge in [0.05, 0.1) is 0 Å². The van der Waals surface area contributed by atoms with Gasteiger partial charge in [0.15, 0.2) is 5.78 Å². The summed E-state index contributed by atoms with van der Waals surface area (Å²) in [5.41, 5.74) is 6.18. The number of halogens is 1. The van der Waals surface area contributed by atoms with Gasteiger partial charge in [0.2, 0.25) is 0 Å². The van der Waals surface area contributed by atoms with E-state index in [-0.39, 0.29) is 23.6 Å². The average Bonchev–Trinajstić information content (AvgIpc) is 2.13. The molecule has 0 atom stereocenters. The zero-order chi connectivity index (χ0) is 10.1. The van der Waals surface area contributed by atoms with Crippen LogP contribution in [0.1, 0.15) is 23.2 Å². The van der Waals surface area contributed by atoms with E-state index in [1.807, 2.05) is 0 Å². The summed E-state index contributed by atoms with van der Waals surface area (Å²) < 4.78 is 12.6. The molecule has 1 aromatic carbocycles. The first-order valence-corrected chi connectivity index (χ1v) is 4.72. The molecule has 2 rings (SSSR count). The molecule has 1 fully saturated rings. The number of rotatable bonds is 2. The highest BCUT2D eigenvalue weighted by molar-refractivity contribution is 5.98. The van der Waals surface area contributed by atoms with Crippen molar-refractivity contribution in [3.63, 3.8) is 0 Å². The summed E-state index contributed by atoms with van der Waals surface area (Å²) in [6, 6.07) is 5.85. The lowest BCUT2D eigenvalue weighted by Crippen LogP contribution is -2.40. The monoisotopic (exact) mass is 193 g/mol. The number of hydrogen-bond donors (Lipinski definition) is 1. The molecule has 2 N–H and O–H groups in total. The Bertz CT molecular complexity index is 341. The van der Waals surface area contributed by atoms with Gasteiger partial charge >= 0.3 is 0 Å². The van der Waals surface area contributed by atoms with Gasteiger partial charge in [-0.25, -0.2) is 4.39 Å². The summed E-state index contributed by atoms with van der Waals surface area (Å²) in [4.78, 5) is 11.7. The van der Waals surface area contributed by atoms with Gasteiger partial charge in [-0.3, -0.25) is 4.79 Å². The highest BCUT2D eigenvalue weighted by Crippen LogP contribution is 2.28. The smallest absolute Gasteiger partial charge is 0.166 e. The first kappa shape index (κ1) is 9.34. The van der Waals surface area contributed by atoms with Crippen LogP contribution in [0.5, 0.6) is 0 Å². The van der Waals surface area contributed by atoms with E-state index in [9.17, 15) is 9.18 Å². The van der Waals surface area contributed by atoms with Gasteiger partial charge < -0.3 is 5.73 Å². The molecule has 0 bridgehead atoms. The minimum Gasteiger partial charge on any atom is -0.328 e. The Labute approximate surface area is 81.9 Å². The van der Waals surface area contributed by atoms with Crippen molar-refractivity contribution in [2.45, 2.75) is 18.9 Å². The van der Waals surface area contributed by atoms with Crippen molar-refractivity contribution >= 4 is 5.78 Å². The third-order valence-corrected chi connectivity index (χ3v) is 2.67. The van der Waals surface area contributed by atoms with Gasteiger partial charge in [-0.15, -0.1) is 0 Å². The molecular weight excluding hydrogens is 181 g/mol. The van der Waals surface area contributed by atoms with E-state index >= 15 is 0 Å². The third-order valence-electron chi connectivity index (χ3n) is 2.67. The van der Waals surface area contributed by atoms with E-state index in [1.165, 1.54) is 24.3 Å². The quantitative estimate of drug-likeness (QED) is 0.727. The predicted molar refractivity (Wildman–Crippen MR) is 51.4 cm³/mol. The molecule has 1 saturated carbocycles. The molecule has 0 aromatic heterocycles. The molecular formula is C11H12FNO. The fourth-order valence-corrected chi connectivity index (χ4v) is 1.73. The molecule has 2 nitrogen and oxygen atoms in total. The van der Waals surface area contributed by atoms with Crippen molar-refractivity contribution in [1.29, 1.82) is 0 Å². The van der Waals surface area contributed by atoms with Crippen molar-refractivity contribution in [2.24, 2.45) is 11.7 Å². The van der Waals surface area contributed by atoms with E-state index in [4.69, 9.17) is 5.73 Å². The fourth-order valence-electron chi connectivity index (χ4n) is 1.73. The summed E-state index contributed by atoms with van der Waals surface area (Å²) in [7, 11) is 0. The van der Waals surface area contributed by atoms with E-state index in [0.29, 0.717) is 5.56 Å². The lowest BCUT2D eigenvalue weighted by atomic mass is 9.76. The Balaban J connectivity index is 2.08. The van der Waals surface area contributed by atoms with Gasteiger partial charge in [-0.2, -0.15) is 0 Å². The Morgan fingerprint density at radius 2 is 1.86 bits per heavy atom. The Morgan fingerprint density at radius 3 is 2.36 bits per heavy atom. The van der Waals surface area contributed by atoms with Crippen LogP contribution in [0.4, 0.5) is 4.39 Å². The number of ketones is 1. The normalized spacial score (nSPS) is 25.6. The van der Waals surface area contributed by atoms with Crippen molar-refractivity contribution in [3.8, 4) is 0 Å². The van der Waals surface area contributed by atoms with Gasteiger partial charge in [-0.1, -0.05) is 0 Å². The Hall–Kier alpha value is -1.22. The van der Waals surface area contributed by atoms with E-state index in [0.717, 1.165) is 12.8 Å².